The van der Waals surface area contributed by atoms with Gasteiger partial charge < -0.3 is 14.7 Å². The quantitative estimate of drug-likeness (QED) is 0.333. The molecule has 0 unspecified atom stereocenters. The van der Waals surface area contributed by atoms with E-state index in [1.165, 1.54) is 30.3 Å². The molecule has 12 heteroatoms. The lowest BCUT2D eigenvalue weighted by Gasteiger charge is -2.23. The second-order valence-electron chi connectivity index (χ2n) is 8.04. The first-order chi connectivity index (χ1) is 17.5. The predicted octanol–water partition coefficient (Wildman–Crippen LogP) is 2.11. The Labute approximate surface area is 215 Å². The van der Waals surface area contributed by atoms with E-state index in [0.717, 1.165) is 17.0 Å². The van der Waals surface area contributed by atoms with Gasteiger partial charge in [-0.15, -0.1) is 0 Å². The molecule has 0 fully saturated rings. The van der Waals surface area contributed by atoms with Crippen LogP contribution in [0.2, 0.25) is 0 Å². The van der Waals surface area contributed by atoms with Crippen molar-refractivity contribution in [1.29, 1.82) is 0 Å². The van der Waals surface area contributed by atoms with E-state index in [1.54, 1.807) is 19.1 Å². The number of esters is 1. The van der Waals surface area contributed by atoms with Crippen LogP contribution in [0.1, 0.15) is 29.8 Å². The zero-order valence-corrected chi connectivity index (χ0v) is 21.5. The van der Waals surface area contributed by atoms with Gasteiger partial charge in [-0.2, -0.15) is 10.1 Å². The average molecular weight is 529 g/mol. The normalized spacial score (nSPS) is 14.6. The molecule has 0 aliphatic carbocycles. The lowest BCUT2D eigenvalue weighted by atomic mass is 10.1. The summed E-state index contributed by atoms with van der Waals surface area (Å²) in [6, 6.07) is 12.9. The van der Waals surface area contributed by atoms with Gasteiger partial charge in [0.15, 0.2) is 5.71 Å². The standard InChI is InChI=1S/C25H28N4O7S/c1-4-28(14-13-26-37(3,34)35)19-11-9-17(10-12-19)15-21-22(25(33)36-5-2)27-29(23(21)30)20-8-6-7-18(16-20)24(31)32/h6-12,15-16,26H,4-5,13-14H2,1-3H3,(H,31,32). The van der Waals surface area contributed by atoms with E-state index >= 15 is 0 Å². The van der Waals surface area contributed by atoms with Crippen LogP contribution in [0.15, 0.2) is 59.2 Å². The van der Waals surface area contributed by atoms with Crippen molar-refractivity contribution in [2.24, 2.45) is 5.10 Å². The number of rotatable bonds is 11. The molecule has 2 aromatic carbocycles. The number of nitrogens with zero attached hydrogens (tertiary/aromatic N) is 3. The van der Waals surface area contributed by atoms with Gasteiger partial charge in [-0.1, -0.05) is 18.2 Å². The molecule has 0 bridgehead atoms. The van der Waals surface area contributed by atoms with Gasteiger partial charge in [0.05, 0.1) is 29.7 Å². The Morgan fingerprint density at radius 1 is 1.16 bits per heavy atom. The number of hydrazone groups is 1. The first-order valence-corrected chi connectivity index (χ1v) is 13.4. The van der Waals surface area contributed by atoms with Crippen LogP contribution in [-0.4, -0.2) is 69.6 Å². The third-order valence-electron chi connectivity index (χ3n) is 5.38. The molecule has 37 heavy (non-hydrogen) atoms. The molecular formula is C25H28N4O7S. The van der Waals surface area contributed by atoms with Gasteiger partial charge in [0.2, 0.25) is 10.0 Å². The van der Waals surface area contributed by atoms with Crippen molar-refractivity contribution in [2.45, 2.75) is 13.8 Å². The molecule has 1 heterocycles. The summed E-state index contributed by atoms with van der Waals surface area (Å²) in [5.41, 5.74) is 1.47. The van der Waals surface area contributed by atoms with Crippen molar-refractivity contribution in [3.8, 4) is 0 Å². The van der Waals surface area contributed by atoms with Crippen LogP contribution < -0.4 is 14.6 Å². The van der Waals surface area contributed by atoms with Crippen molar-refractivity contribution in [2.75, 3.05) is 42.4 Å². The van der Waals surface area contributed by atoms with Gasteiger partial charge in [-0.05, 0) is 55.8 Å². The van der Waals surface area contributed by atoms with Crippen LogP contribution in [0.25, 0.3) is 6.08 Å². The van der Waals surface area contributed by atoms with Crippen LogP contribution in [-0.2, 0) is 24.3 Å². The summed E-state index contributed by atoms with van der Waals surface area (Å²) in [7, 11) is -3.28. The summed E-state index contributed by atoms with van der Waals surface area (Å²) in [4.78, 5) is 39.2. The molecule has 0 saturated heterocycles. The second-order valence-corrected chi connectivity index (χ2v) is 9.87. The van der Waals surface area contributed by atoms with E-state index in [9.17, 15) is 27.9 Å². The Bertz CT molecular complexity index is 1350. The molecule has 0 saturated carbocycles. The number of hydrogen-bond acceptors (Lipinski definition) is 8. The summed E-state index contributed by atoms with van der Waals surface area (Å²) in [5, 5.41) is 14.4. The third kappa shape index (κ3) is 7.02. The number of carbonyl (C=O) groups excluding carboxylic acids is 2. The van der Waals surface area contributed by atoms with Crippen LogP contribution in [0, 0.1) is 0 Å². The fourth-order valence-electron chi connectivity index (χ4n) is 3.62. The van der Waals surface area contributed by atoms with Gasteiger partial charge in [0, 0.05) is 25.3 Å². The van der Waals surface area contributed by atoms with Crippen LogP contribution in [0.3, 0.4) is 0 Å². The van der Waals surface area contributed by atoms with E-state index in [-0.39, 0.29) is 35.7 Å². The molecule has 0 aromatic heterocycles. The summed E-state index contributed by atoms with van der Waals surface area (Å²) < 4.78 is 30.2. The number of aromatic carboxylic acids is 1. The SMILES string of the molecule is CCOC(=O)C1=NN(c2cccc(C(=O)O)c2)C(=O)C1=Cc1ccc(N(CC)CCNS(C)(=O)=O)cc1. The van der Waals surface area contributed by atoms with Gasteiger partial charge in [0.25, 0.3) is 5.91 Å². The fraction of sp³-hybridized carbons (Fsp3) is 0.280. The molecule has 196 valence electrons. The molecule has 1 amide bonds. The maximum atomic E-state index is 13.3. The third-order valence-corrected chi connectivity index (χ3v) is 6.11. The maximum absolute atomic E-state index is 13.3. The molecule has 2 aromatic rings. The minimum absolute atomic E-state index is 0.0108. The molecule has 0 atom stereocenters. The summed E-state index contributed by atoms with van der Waals surface area (Å²) in [6.45, 7) is 5.04. The molecule has 11 nitrogen and oxygen atoms in total. The van der Waals surface area contributed by atoms with E-state index in [0.29, 0.717) is 18.7 Å². The Morgan fingerprint density at radius 3 is 2.46 bits per heavy atom. The molecule has 1 aliphatic heterocycles. The second kappa shape index (κ2) is 11.8. The maximum Gasteiger partial charge on any atom is 0.359 e. The lowest BCUT2D eigenvalue weighted by Crippen LogP contribution is -2.34. The highest BCUT2D eigenvalue weighted by Crippen LogP contribution is 2.27. The summed E-state index contributed by atoms with van der Waals surface area (Å²) >= 11 is 0. The number of anilines is 2. The number of carbonyl (C=O) groups is 3. The van der Waals surface area contributed by atoms with Crippen molar-refractivity contribution < 1.29 is 32.6 Å². The van der Waals surface area contributed by atoms with E-state index in [4.69, 9.17) is 4.74 Å². The smallest absolute Gasteiger partial charge is 0.359 e. The molecule has 3 rings (SSSR count). The highest BCUT2D eigenvalue weighted by atomic mass is 32.2. The summed E-state index contributed by atoms with van der Waals surface area (Å²) in [6.07, 6.45) is 2.62. The highest BCUT2D eigenvalue weighted by molar-refractivity contribution is 7.88. The molecule has 1 aliphatic rings. The minimum atomic E-state index is -3.28. The van der Waals surface area contributed by atoms with Gasteiger partial charge in [-0.25, -0.2) is 22.7 Å². The first-order valence-electron chi connectivity index (χ1n) is 11.5. The van der Waals surface area contributed by atoms with E-state index in [1.807, 2.05) is 24.0 Å². The Morgan fingerprint density at radius 2 is 1.86 bits per heavy atom. The number of carboxylic acid groups (broad SMARTS) is 1. The fourth-order valence-corrected chi connectivity index (χ4v) is 4.09. The molecule has 0 spiro atoms. The van der Waals surface area contributed by atoms with E-state index in [2.05, 4.69) is 9.82 Å². The average Bonchev–Trinajstić information content (AvgIpc) is 3.18. The first kappa shape index (κ1) is 27.6. The lowest BCUT2D eigenvalue weighted by molar-refractivity contribution is -0.135. The summed E-state index contributed by atoms with van der Waals surface area (Å²) in [5.74, 6) is -2.53. The number of sulfonamides is 1. The Balaban J connectivity index is 1.89. The highest BCUT2D eigenvalue weighted by Gasteiger charge is 2.36. The number of likely N-dealkylation sites (N-methyl/N-ethyl adjacent to an activating group) is 1. The number of ether oxygens (including phenoxy) is 1. The molecule has 0 radical (unpaired) electrons. The van der Waals surface area contributed by atoms with Crippen molar-refractivity contribution in [3.63, 3.8) is 0 Å². The van der Waals surface area contributed by atoms with Crippen LogP contribution >= 0.6 is 0 Å². The number of nitrogens with one attached hydrogen (secondary N) is 1. The monoisotopic (exact) mass is 528 g/mol. The zero-order chi connectivity index (χ0) is 27.2. The van der Waals surface area contributed by atoms with Crippen molar-refractivity contribution >= 4 is 51.0 Å². The van der Waals surface area contributed by atoms with Crippen molar-refractivity contribution in [1.82, 2.24) is 4.72 Å². The largest absolute Gasteiger partial charge is 0.478 e. The van der Waals surface area contributed by atoms with E-state index < -0.39 is 27.9 Å². The van der Waals surface area contributed by atoms with Gasteiger partial charge in [0.1, 0.15) is 0 Å². The van der Waals surface area contributed by atoms with Gasteiger partial charge >= 0.3 is 11.9 Å². The molecular weight excluding hydrogens is 500 g/mol. The number of hydrogen-bond donors (Lipinski definition) is 2. The Hall–Kier alpha value is -4.03. The van der Waals surface area contributed by atoms with Crippen LogP contribution in [0.4, 0.5) is 11.4 Å². The minimum Gasteiger partial charge on any atom is -0.478 e. The number of benzene rings is 2. The van der Waals surface area contributed by atoms with Crippen molar-refractivity contribution in [3.05, 3.63) is 65.2 Å². The van der Waals surface area contributed by atoms with Gasteiger partial charge in [-0.3, -0.25) is 4.79 Å². The number of amides is 1. The Kier molecular flexibility index (Phi) is 8.79. The number of carboxylic acids is 1. The zero-order valence-electron chi connectivity index (χ0n) is 20.7. The topological polar surface area (TPSA) is 146 Å². The van der Waals surface area contributed by atoms with Crippen LogP contribution in [0.5, 0.6) is 0 Å². The molecule has 2 N–H and O–H groups in total. The predicted molar refractivity (Wildman–Crippen MR) is 140 cm³/mol.